The van der Waals surface area contributed by atoms with Gasteiger partial charge in [-0.25, -0.2) is 9.59 Å². The second-order valence-corrected chi connectivity index (χ2v) is 9.75. The summed E-state index contributed by atoms with van der Waals surface area (Å²) in [6.45, 7) is 16.7. The van der Waals surface area contributed by atoms with Crippen molar-refractivity contribution in [2.75, 3.05) is 62.2 Å². The molecule has 12 heteroatoms. The number of hydrogen-bond acceptors (Lipinski definition) is 9. The number of ether oxygens (including phenoxy) is 2. The molecule has 0 saturated carbocycles. The number of hydrogen-bond donors (Lipinski definition) is 4. The fourth-order valence-corrected chi connectivity index (χ4v) is 4.10. The van der Waals surface area contributed by atoms with Crippen LogP contribution in [0.25, 0.3) is 0 Å². The molecular weight excluding hydrogens is 563 g/mol. The molecule has 236 valence electrons. The van der Waals surface area contributed by atoms with E-state index in [1.807, 2.05) is 12.1 Å². The first kappa shape index (κ1) is 42.3. The number of piperazine rings is 2. The van der Waals surface area contributed by atoms with Crippen LogP contribution in [0.3, 0.4) is 0 Å². The maximum atomic E-state index is 9.55. The number of carboxylic acid groups (broad SMARTS) is 2. The third kappa shape index (κ3) is 17.2. The van der Waals surface area contributed by atoms with Crippen LogP contribution < -0.4 is 59.5 Å². The monoisotopic (exact) mass is 612 g/mol. The zero-order valence-electron chi connectivity index (χ0n) is 25.5. The Morgan fingerprint density at radius 2 is 1.00 bits per heavy atom. The Kier molecular flexibility index (Phi) is 23.3. The van der Waals surface area contributed by atoms with Gasteiger partial charge in [-0.15, -0.1) is 0 Å². The quantitative estimate of drug-likeness (QED) is 0.249. The molecule has 2 fully saturated rings. The third-order valence-electron chi connectivity index (χ3n) is 5.74. The molecule has 0 aromatic heterocycles. The normalized spacial score (nSPS) is 14.1. The fraction of sp³-hybridized carbons (Fsp3) is 0.484. The molecule has 2 aromatic rings. The molecule has 43 heavy (non-hydrogen) atoms. The van der Waals surface area contributed by atoms with Crippen molar-refractivity contribution in [1.82, 2.24) is 10.6 Å². The van der Waals surface area contributed by atoms with Crippen LogP contribution in [0.1, 0.15) is 35.1 Å². The predicted octanol–water partition coefficient (Wildman–Crippen LogP) is 0.942. The van der Waals surface area contributed by atoms with Gasteiger partial charge in [0.2, 0.25) is 0 Å². The smallest absolute Gasteiger partial charge is 0.870 e. The van der Waals surface area contributed by atoms with E-state index in [-0.39, 0.29) is 54.7 Å². The van der Waals surface area contributed by atoms with E-state index < -0.39 is 11.9 Å². The van der Waals surface area contributed by atoms with Crippen LogP contribution in [0.15, 0.2) is 60.7 Å². The molecule has 5 N–H and O–H groups in total. The van der Waals surface area contributed by atoms with Crippen LogP contribution in [-0.2, 0) is 9.59 Å². The van der Waals surface area contributed by atoms with Crippen molar-refractivity contribution in [1.29, 1.82) is 0 Å². The molecule has 0 bridgehead atoms. The maximum Gasteiger partial charge on any atom is 1.00 e. The van der Waals surface area contributed by atoms with E-state index in [9.17, 15) is 9.59 Å². The van der Waals surface area contributed by atoms with Crippen molar-refractivity contribution < 1.29 is 64.3 Å². The minimum Gasteiger partial charge on any atom is -0.870 e. The number of nitrogens with zero attached hydrogens (tertiary/aromatic N) is 2. The molecular formula is C31H49N4NaO7. The Bertz CT molecular complexity index is 990. The number of para-hydroxylation sites is 4. The second kappa shape index (κ2) is 23.6. The molecule has 2 aromatic carbocycles. The van der Waals surface area contributed by atoms with Crippen LogP contribution in [0.5, 0.6) is 11.5 Å². The summed E-state index contributed by atoms with van der Waals surface area (Å²) < 4.78 is 11.7. The Morgan fingerprint density at radius 3 is 1.28 bits per heavy atom. The van der Waals surface area contributed by atoms with E-state index in [2.05, 4.69) is 84.5 Å². The molecule has 2 aliphatic heterocycles. The Morgan fingerprint density at radius 1 is 0.698 bits per heavy atom. The van der Waals surface area contributed by atoms with Gasteiger partial charge in [-0.3, -0.25) is 0 Å². The van der Waals surface area contributed by atoms with Crippen molar-refractivity contribution in [3.05, 3.63) is 60.7 Å². The van der Waals surface area contributed by atoms with Crippen molar-refractivity contribution >= 4 is 23.3 Å². The van der Waals surface area contributed by atoms with Gasteiger partial charge in [-0.2, -0.15) is 0 Å². The van der Waals surface area contributed by atoms with E-state index in [1.165, 1.54) is 11.4 Å². The summed E-state index contributed by atoms with van der Waals surface area (Å²) in [7, 11) is 0. The molecule has 2 aliphatic rings. The van der Waals surface area contributed by atoms with Crippen LogP contribution in [0.4, 0.5) is 11.4 Å². The summed E-state index contributed by atoms with van der Waals surface area (Å²) in [4.78, 5) is 23.9. The average Bonchev–Trinajstić information content (AvgIpc) is 2.94. The summed E-state index contributed by atoms with van der Waals surface area (Å²) in [6, 6.07) is 16.6. The number of aliphatic carboxylic acids is 2. The molecule has 4 rings (SSSR count). The van der Waals surface area contributed by atoms with E-state index in [0.29, 0.717) is 12.2 Å². The van der Waals surface area contributed by atoms with Crippen molar-refractivity contribution in [3.63, 3.8) is 0 Å². The average molecular weight is 613 g/mol. The first-order valence-electron chi connectivity index (χ1n) is 13.7. The standard InChI is InChI=1S/2C13H20N2O.C4H4O4.CH4.Na.H2O/c2*1-11(2)16-13-6-4-3-5-12(13)15-9-7-14-8-10-15;5-3(6)1-2-4(7)8;;;/h2*3-6,11,14H,7-10H2,1-2H3;1-2H,(H,5,6)(H,7,8);1H4;;1H2/q;;;;+1;/p-1/b;;2-1+;;;. The molecule has 0 unspecified atom stereocenters. The van der Waals surface area contributed by atoms with E-state index in [0.717, 1.165) is 63.9 Å². The first-order valence-corrected chi connectivity index (χ1v) is 13.7. The molecule has 0 spiro atoms. The Balaban J connectivity index is 0. The Hall–Kier alpha value is -2.80. The van der Waals surface area contributed by atoms with Gasteiger partial charge in [-0.05, 0) is 52.0 Å². The van der Waals surface area contributed by atoms with E-state index in [1.54, 1.807) is 0 Å². The van der Waals surface area contributed by atoms with Gasteiger partial charge in [0.15, 0.2) is 0 Å². The summed E-state index contributed by atoms with van der Waals surface area (Å²) in [6.07, 6.45) is 1.57. The molecule has 2 heterocycles. The zero-order valence-corrected chi connectivity index (χ0v) is 27.5. The van der Waals surface area contributed by atoms with Gasteiger partial charge >= 0.3 is 41.5 Å². The molecule has 11 nitrogen and oxygen atoms in total. The van der Waals surface area contributed by atoms with Crippen LogP contribution in [0, 0.1) is 0 Å². The number of benzene rings is 2. The van der Waals surface area contributed by atoms with Gasteiger partial charge < -0.3 is 45.6 Å². The largest absolute Gasteiger partial charge is 1.00 e. The van der Waals surface area contributed by atoms with Crippen LogP contribution in [-0.4, -0.2) is 92.2 Å². The summed E-state index contributed by atoms with van der Waals surface area (Å²) in [5.41, 5.74) is 2.44. The molecule has 0 aliphatic carbocycles. The van der Waals surface area contributed by atoms with Crippen LogP contribution >= 0.6 is 0 Å². The topological polar surface area (TPSA) is 154 Å². The van der Waals surface area contributed by atoms with E-state index >= 15 is 0 Å². The van der Waals surface area contributed by atoms with Gasteiger partial charge in [0.05, 0.1) is 23.6 Å². The fourth-order valence-electron chi connectivity index (χ4n) is 4.10. The molecule has 0 amide bonds. The molecule has 2 saturated heterocycles. The summed E-state index contributed by atoms with van der Waals surface area (Å²) in [5.74, 6) is -0.515. The number of carboxylic acids is 2. The SMILES string of the molecule is C.CC(C)Oc1ccccc1N1CCNCC1.CC(C)Oc1ccccc1N1CCNCC1.O=C(O)/C=C/C(=O)O.[Na+].[OH-]. The first-order chi connectivity index (χ1) is 19.2. The second-order valence-electron chi connectivity index (χ2n) is 9.75. The predicted molar refractivity (Wildman–Crippen MR) is 168 cm³/mol. The van der Waals surface area contributed by atoms with E-state index in [4.69, 9.17) is 19.7 Å². The van der Waals surface area contributed by atoms with Gasteiger partial charge in [0, 0.05) is 64.5 Å². The molecule has 0 radical (unpaired) electrons. The summed E-state index contributed by atoms with van der Waals surface area (Å²) >= 11 is 0. The van der Waals surface area contributed by atoms with Gasteiger partial charge in [-0.1, -0.05) is 31.7 Å². The van der Waals surface area contributed by atoms with Crippen molar-refractivity contribution in [3.8, 4) is 11.5 Å². The van der Waals surface area contributed by atoms with Gasteiger partial charge in [0.25, 0.3) is 0 Å². The zero-order chi connectivity index (χ0) is 29.3. The summed E-state index contributed by atoms with van der Waals surface area (Å²) in [5, 5.41) is 22.3. The third-order valence-corrected chi connectivity index (χ3v) is 5.74. The van der Waals surface area contributed by atoms with Gasteiger partial charge in [0.1, 0.15) is 11.5 Å². The van der Waals surface area contributed by atoms with Crippen molar-refractivity contribution in [2.24, 2.45) is 0 Å². The number of carbonyl (C=O) groups is 2. The number of rotatable bonds is 8. The minimum atomic E-state index is -1.26. The number of nitrogens with one attached hydrogen (secondary N) is 2. The van der Waals surface area contributed by atoms with Crippen molar-refractivity contribution in [2.45, 2.75) is 47.3 Å². The Labute approximate surface area is 278 Å². The maximum absolute atomic E-state index is 9.55. The minimum absolute atomic E-state index is 0. The van der Waals surface area contributed by atoms with Crippen LogP contribution in [0.2, 0.25) is 0 Å². The number of anilines is 2. The molecule has 0 atom stereocenters.